The second-order valence-electron chi connectivity index (χ2n) is 6.07. The van der Waals surface area contributed by atoms with Crippen LogP contribution in [0.1, 0.15) is 35.4 Å². The number of rotatable bonds is 2. The van der Waals surface area contributed by atoms with Crippen molar-refractivity contribution >= 4 is 39.2 Å². The SMILES string of the molecule is Cc1nc2sc3c(c2c2nc(/C=C\C(=O)O)nn12)CC[C@H](C)C3. The summed E-state index contributed by atoms with van der Waals surface area (Å²) in [6.45, 7) is 4.18. The first kappa shape index (κ1) is 14.3. The molecular weight excluding hydrogens is 312 g/mol. The molecule has 1 aliphatic carbocycles. The molecule has 0 unspecified atom stereocenters. The van der Waals surface area contributed by atoms with Crippen molar-refractivity contribution in [2.75, 3.05) is 0 Å². The van der Waals surface area contributed by atoms with Gasteiger partial charge >= 0.3 is 5.97 Å². The van der Waals surface area contributed by atoms with Gasteiger partial charge in [0.15, 0.2) is 11.5 Å². The number of carboxylic acids is 1. The maximum Gasteiger partial charge on any atom is 0.328 e. The lowest BCUT2D eigenvalue weighted by molar-refractivity contribution is -0.131. The van der Waals surface area contributed by atoms with Crippen molar-refractivity contribution in [1.29, 1.82) is 0 Å². The summed E-state index contributed by atoms with van der Waals surface area (Å²) in [4.78, 5) is 22.3. The van der Waals surface area contributed by atoms with Crippen LogP contribution >= 0.6 is 11.3 Å². The van der Waals surface area contributed by atoms with Gasteiger partial charge in [-0.3, -0.25) is 0 Å². The number of aliphatic carboxylic acids is 1. The van der Waals surface area contributed by atoms with Crippen molar-refractivity contribution in [2.24, 2.45) is 5.92 Å². The van der Waals surface area contributed by atoms with Crippen molar-refractivity contribution < 1.29 is 9.90 Å². The zero-order valence-electron chi connectivity index (χ0n) is 12.9. The lowest BCUT2D eigenvalue weighted by atomic mass is 9.89. The predicted molar refractivity (Wildman–Crippen MR) is 88.8 cm³/mol. The van der Waals surface area contributed by atoms with Crippen molar-refractivity contribution in [3.8, 4) is 0 Å². The maximum absolute atomic E-state index is 10.7. The third kappa shape index (κ3) is 2.31. The third-order valence-electron chi connectivity index (χ3n) is 4.29. The molecule has 3 heterocycles. The molecule has 3 aromatic rings. The van der Waals surface area contributed by atoms with E-state index in [0.717, 1.165) is 40.6 Å². The Morgan fingerprint density at radius 2 is 2.26 bits per heavy atom. The summed E-state index contributed by atoms with van der Waals surface area (Å²) in [6.07, 6.45) is 5.80. The summed E-state index contributed by atoms with van der Waals surface area (Å²) in [5, 5.41) is 14.2. The highest BCUT2D eigenvalue weighted by atomic mass is 32.1. The minimum Gasteiger partial charge on any atom is -0.478 e. The van der Waals surface area contributed by atoms with Gasteiger partial charge in [0, 0.05) is 11.0 Å². The van der Waals surface area contributed by atoms with E-state index in [2.05, 4.69) is 22.0 Å². The van der Waals surface area contributed by atoms with Gasteiger partial charge in [0.1, 0.15) is 10.7 Å². The van der Waals surface area contributed by atoms with E-state index < -0.39 is 5.97 Å². The molecule has 6 nitrogen and oxygen atoms in total. The Balaban J connectivity index is 1.97. The van der Waals surface area contributed by atoms with Crippen LogP contribution in [0.5, 0.6) is 0 Å². The highest BCUT2D eigenvalue weighted by Gasteiger charge is 2.24. The van der Waals surface area contributed by atoms with Crippen LogP contribution in [0.15, 0.2) is 6.08 Å². The minimum atomic E-state index is -1.01. The Hall–Kier alpha value is -2.28. The molecule has 0 fully saturated rings. The first-order valence-electron chi connectivity index (χ1n) is 7.61. The molecule has 3 aromatic heterocycles. The summed E-state index contributed by atoms with van der Waals surface area (Å²) in [6, 6.07) is 0. The summed E-state index contributed by atoms with van der Waals surface area (Å²) in [5.41, 5.74) is 2.13. The fourth-order valence-corrected chi connectivity index (χ4v) is 4.59. The lowest BCUT2D eigenvalue weighted by Gasteiger charge is -2.17. The van der Waals surface area contributed by atoms with Crippen LogP contribution in [0.2, 0.25) is 0 Å². The smallest absolute Gasteiger partial charge is 0.328 e. The van der Waals surface area contributed by atoms with Gasteiger partial charge in [-0.15, -0.1) is 16.4 Å². The van der Waals surface area contributed by atoms with Crippen LogP contribution in [0, 0.1) is 12.8 Å². The highest BCUT2D eigenvalue weighted by Crippen LogP contribution is 2.38. The Kier molecular flexibility index (Phi) is 3.19. The maximum atomic E-state index is 10.7. The predicted octanol–water partition coefficient (Wildman–Crippen LogP) is 2.87. The number of aryl methyl sites for hydroxylation is 2. The fourth-order valence-electron chi connectivity index (χ4n) is 3.17. The molecule has 118 valence electrons. The average molecular weight is 328 g/mol. The van der Waals surface area contributed by atoms with Gasteiger partial charge in [0.25, 0.3) is 0 Å². The van der Waals surface area contributed by atoms with Crippen molar-refractivity contribution in [2.45, 2.75) is 33.1 Å². The number of hydrogen-bond donors (Lipinski definition) is 1. The van der Waals surface area contributed by atoms with E-state index >= 15 is 0 Å². The number of nitrogens with zero attached hydrogens (tertiary/aromatic N) is 4. The fraction of sp³-hybridized carbons (Fsp3) is 0.375. The molecule has 0 aromatic carbocycles. The molecule has 1 atom stereocenters. The number of fused-ring (bicyclic) bond motifs is 5. The molecule has 0 radical (unpaired) electrons. The van der Waals surface area contributed by atoms with Crippen LogP contribution in [0.3, 0.4) is 0 Å². The van der Waals surface area contributed by atoms with Gasteiger partial charge in [-0.05, 0) is 43.7 Å². The Morgan fingerprint density at radius 1 is 1.43 bits per heavy atom. The number of carboxylic acid groups (broad SMARTS) is 1. The molecular formula is C16H16N4O2S. The molecule has 0 amide bonds. The summed E-state index contributed by atoms with van der Waals surface area (Å²) in [5.74, 6) is 0.862. The zero-order valence-corrected chi connectivity index (χ0v) is 13.7. The second-order valence-corrected chi connectivity index (χ2v) is 7.15. The average Bonchev–Trinajstić information content (AvgIpc) is 3.05. The number of hydrogen-bond acceptors (Lipinski definition) is 5. The summed E-state index contributed by atoms with van der Waals surface area (Å²) >= 11 is 1.76. The van der Waals surface area contributed by atoms with Gasteiger partial charge in [-0.2, -0.15) is 4.52 Å². The van der Waals surface area contributed by atoms with Gasteiger partial charge in [0.2, 0.25) is 0 Å². The molecule has 7 heteroatoms. The van der Waals surface area contributed by atoms with E-state index in [0.29, 0.717) is 11.7 Å². The summed E-state index contributed by atoms with van der Waals surface area (Å²) < 4.78 is 1.72. The molecule has 0 spiro atoms. The van der Waals surface area contributed by atoms with Crippen LogP contribution in [-0.4, -0.2) is 30.7 Å². The molecule has 4 rings (SSSR count). The first-order valence-corrected chi connectivity index (χ1v) is 8.43. The van der Waals surface area contributed by atoms with Crippen LogP contribution in [0.4, 0.5) is 0 Å². The lowest BCUT2D eigenvalue weighted by Crippen LogP contribution is -2.08. The third-order valence-corrected chi connectivity index (χ3v) is 5.43. The minimum absolute atomic E-state index is 0.397. The molecule has 0 aliphatic heterocycles. The molecule has 0 bridgehead atoms. The largest absolute Gasteiger partial charge is 0.478 e. The molecule has 0 saturated carbocycles. The Bertz CT molecular complexity index is 970. The van der Waals surface area contributed by atoms with Crippen molar-refractivity contribution in [1.82, 2.24) is 19.6 Å². The second kappa shape index (κ2) is 5.13. The van der Waals surface area contributed by atoms with Gasteiger partial charge in [-0.1, -0.05) is 6.92 Å². The topological polar surface area (TPSA) is 80.4 Å². The quantitative estimate of drug-likeness (QED) is 0.732. The van der Waals surface area contributed by atoms with Crippen molar-refractivity contribution in [3.05, 3.63) is 28.2 Å². The standard InChI is InChI=1S/C16H16N4O2S/c1-8-3-4-10-11(7-8)23-16-14(10)15-18-12(5-6-13(21)22)19-20(15)9(2)17-16/h5-6,8H,3-4,7H2,1-2H3,(H,21,22)/b6-5-/t8-/m0/s1. The number of carbonyl (C=O) groups is 1. The van der Waals surface area contributed by atoms with E-state index in [4.69, 9.17) is 5.11 Å². The number of thiophene rings is 1. The molecule has 0 saturated heterocycles. The Labute approximate surface area is 136 Å². The highest BCUT2D eigenvalue weighted by molar-refractivity contribution is 7.19. The molecule has 1 N–H and O–H groups in total. The van der Waals surface area contributed by atoms with E-state index in [1.165, 1.54) is 22.9 Å². The van der Waals surface area contributed by atoms with Gasteiger partial charge in [-0.25, -0.2) is 14.8 Å². The van der Waals surface area contributed by atoms with E-state index in [1.54, 1.807) is 15.9 Å². The zero-order chi connectivity index (χ0) is 16.1. The van der Waals surface area contributed by atoms with Crippen LogP contribution in [-0.2, 0) is 17.6 Å². The van der Waals surface area contributed by atoms with E-state index in [9.17, 15) is 4.79 Å². The van der Waals surface area contributed by atoms with Crippen LogP contribution < -0.4 is 0 Å². The van der Waals surface area contributed by atoms with E-state index in [1.807, 2.05) is 6.92 Å². The monoisotopic (exact) mass is 328 g/mol. The van der Waals surface area contributed by atoms with E-state index in [-0.39, 0.29) is 0 Å². The molecule has 1 aliphatic rings. The molecule has 23 heavy (non-hydrogen) atoms. The summed E-state index contributed by atoms with van der Waals surface area (Å²) in [7, 11) is 0. The van der Waals surface area contributed by atoms with Crippen LogP contribution in [0.25, 0.3) is 21.9 Å². The van der Waals surface area contributed by atoms with Gasteiger partial charge < -0.3 is 5.11 Å². The Morgan fingerprint density at radius 3 is 3.04 bits per heavy atom. The first-order chi connectivity index (χ1) is 11.0. The number of aromatic nitrogens is 4. The van der Waals surface area contributed by atoms with Gasteiger partial charge in [0.05, 0.1) is 5.39 Å². The normalized spacial score (nSPS) is 18.1. The van der Waals surface area contributed by atoms with Crippen molar-refractivity contribution in [3.63, 3.8) is 0 Å².